The van der Waals surface area contributed by atoms with Crippen LogP contribution in [-0.4, -0.2) is 28.6 Å². The zero-order chi connectivity index (χ0) is 17.0. The highest BCUT2D eigenvalue weighted by Crippen LogP contribution is 2.25. The van der Waals surface area contributed by atoms with Crippen LogP contribution in [0.5, 0.6) is 5.75 Å². The van der Waals surface area contributed by atoms with Crippen molar-refractivity contribution >= 4 is 21.7 Å². The molecule has 7 heteroatoms. The lowest BCUT2D eigenvalue weighted by atomic mass is 10.2. The lowest BCUT2D eigenvalue weighted by Crippen LogP contribution is -2.16. The van der Waals surface area contributed by atoms with Crippen LogP contribution in [0.15, 0.2) is 47.4 Å². The van der Waals surface area contributed by atoms with Crippen LogP contribution >= 0.6 is 0 Å². The van der Waals surface area contributed by atoms with E-state index in [0.29, 0.717) is 5.75 Å². The van der Waals surface area contributed by atoms with Crippen LogP contribution in [0.4, 0.5) is 5.69 Å². The quantitative estimate of drug-likeness (QED) is 0.849. The zero-order valence-corrected chi connectivity index (χ0v) is 13.8. The average Bonchev–Trinajstić information content (AvgIpc) is 2.54. The highest BCUT2D eigenvalue weighted by atomic mass is 32.2. The predicted octanol–water partition coefficient (Wildman–Crippen LogP) is 2.59. The molecule has 6 nitrogen and oxygen atoms in total. The van der Waals surface area contributed by atoms with Crippen LogP contribution in [0.1, 0.15) is 15.9 Å². The number of hydrogen-bond acceptors (Lipinski definition) is 5. The maximum Gasteiger partial charge on any atom is 0.340 e. The Hall–Kier alpha value is -2.54. The Morgan fingerprint density at radius 3 is 2.26 bits per heavy atom. The number of carbonyl (C=O) groups is 1. The second-order valence-electron chi connectivity index (χ2n) is 4.82. The second-order valence-corrected chi connectivity index (χ2v) is 6.50. The number of sulfonamides is 1. The third kappa shape index (κ3) is 3.81. The first-order valence-corrected chi connectivity index (χ1v) is 8.21. The van der Waals surface area contributed by atoms with Gasteiger partial charge in [0.05, 0.1) is 30.4 Å². The number of ether oxygens (including phenoxy) is 2. The van der Waals surface area contributed by atoms with Crippen molar-refractivity contribution in [1.82, 2.24) is 0 Å². The number of benzene rings is 2. The van der Waals surface area contributed by atoms with Gasteiger partial charge in [-0.05, 0) is 37.3 Å². The predicted molar refractivity (Wildman–Crippen MR) is 86.3 cm³/mol. The number of nitrogens with one attached hydrogen (secondary N) is 1. The Morgan fingerprint density at radius 1 is 1.04 bits per heavy atom. The lowest BCUT2D eigenvalue weighted by molar-refractivity contribution is 0.0601. The van der Waals surface area contributed by atoms with Crippen molar-refractivity contribution in [1.29, 1.82) is 0 Å². The van der Waals surface area contributed by atoms with E-state index in [1.165, 1.54) is 38.5 Å². The normalized spacial score (nSPS) is 10.9. The van der Waals surface area contributed by atoms with E-state index in [-0.39, 0.29) is 16.1 Å². The zero-order valence-electron chi connectivity index (χ0n) is 13.0. The first kappa shape index (κ1) is 16.8. The van der Waals surface area contributed by atoms with Crippen LogP contribution in [0, 0.1) is 6.92 Å². The van der Waals surface area contributed by atoms with Crippen LogP contribution < -0.4 is 9.46 Å². The first-order valence-electron chi connectivity index (χ1n) is 6.73. The van der Waals surface area contributed by atoms with Crippen LogP contribution in [0.25, 0.3) is 0 Å². The van der Waals surface area contributed by atoms with E-state index >= 15 is 0 Å². The van der Waals surface area contributed by atoms with Gasteiger partial charge in [0, 0.05) is 0 Å². The van der Waals surface area contributed by atoms with Crippen molar-refractivity contribution in [2.45, 2.75) is 11.8 Å². The molecular weight excluding hydrogens is 318 g/mol. The Kier molecular flexibility index (Phi) is 4.90. The number of esters is 1. The summed E-state index contributed by atoms with van der Waals surface area (Å²) in [5.74, 6) is -0.241. The summed E-state index contributed by atoms with van der Waals surface area (Å²) in [5, 5.41) is 0. The van der Waals surface area contributed by atoms with E-state index in [1.54, 1.807) is 18.2 Å². The Balaban J connectivity index is 2.42. The van der Waals surface area contributed by atoms with Crippen molar-refractivity contribution in [2.75, 3.05) is 18.9 Å². The first-order chi connectivity index (χ1) is 10.9. The number of anilines is 1. The van der Waals surface area contributed by atoms with Gasteiger partial charge >= 0.3 is 5.97 Å². The monoisotopic (exact) mass is 335 g/mol. The third-order valence-electron chi connectivity index (χ3n) is 3.21. The molecule has 0 saturated carbocycles. The molecule has 0 fully saturated rings. The van der Waals surface area contributed by atoms with E-state index in [4.69, 9.17) is 4.74 Å². The maximum atomic E-state index is 12.4. The van der Waals surface area contributed by atoms with Gasteiger partial charge in [-0.2, -0.15) is 0 Å². The van der Waals surface area contributed by atoms with Crippen LogP contribution in [0.3, 0.4) is 0 Å². The van der Waals surface area contributed by atoms with Gasteiger partial charge in [-0.1, -0.05) is 17.7 Å². The number of hydrogen-bond donors (Lipinski definition) is 1. The van der Waals surface area contributed by atoms with Crippen molar-refractivity contribution in [3.63, 3.8) is 0 Å². The maximum absolute atomic E-state index is 12.4. The van der Waals surface area contributed by atoms with Gasteiger partial charge in [-0.3, -0.25) is 4.72 Å². The van der Waals surface area contributed by atoms with Gasteiger partial charge in [0.2, 0.25) is 0 Å². The number of methoxy groups -OCH3 is 2. The number of aryl methyl sites for hydroxylation is 1. The van der Waals surface area contributed by atoms with E-state index in [1.807, 2.05) is 6.92 Å². The molecule has 0 bridgehead atoms. The molecule has 2 aromatic rings. The molecule has 0 aromatic heterocycles. The molecule has 2 rings (SSSR count). The Morgan fingerprint density at radius 2 is 1.70 bits per heavy atom. The molecule has 0 aliphatic carbocycles. The smallest absolute Gasteiger partial charge is 0.340 e. The minimum Gasteiger partial charge on any atom is -0.497 e. The molecule has 2 aromatic carbocycles. The molecule has 0 saturated heterocycles. The Labute approximate surface area is 135 Å². The van der Waals surface area contributed by atoms with E-state index in [2.05, 4.69) is 9.46 Å². The minimum absolute atomic E-state index is 0.0718. The fourth-order valence-corrected chi connectivity index (χ4v) is 3.02. The summed E-state index contributed by atoms with van der Waals surface area (Å²) >= 11 is 0. The molecule has 0 amide bonds. The summed E-state index contributed by atoms with van der Waals surface area (Å²) in [6.07, 6.45) is 0. The Bertz CT molecular complexity index is 813. The molecule has 0 aliphatic heterocycles. The SMILES string of the molecule is COC(=O)c1cc(OC)ccc1NS(=O)(=O)c1ccc(C)cc1. The van der Waals surface area contributed by atoms with Crippen LogP contribution in [0.2, 0.25) is 0 Å². The molecular formula is C16H17NO5S. The van der Waals surface area contributed by atoms with Crippen LogP contribution in [-0.2, 0) is 14.8 Å². The fourth-order valence-electron chi connectivity index (χ4n) is 1.94. The van der Waals surface area contributed by atoms with Gasteiger partial charge in [-0.25, -0.2) is 13.2 Å². The summed E-state index contributed by atoms with van der Waals surface area (Å²) in [6, 6.07) is 10.8. The molecule has 23 heavy (non-hydrogen) atoms. The molecule has 0 heterocycles. The molecule has 0 spiro atoms. The van der Waals surface area contributed by atoms with Gasteiger partial charge in [0.15, 0.2) is 0 Å². The van der Waals surface area contributed by atoms with E-state index in [9.17, 15) is 13.2 Å². The second kappa shape index (κ2) is 6.70. The molecule has 1 N–H and O–H groups in total. The fraction of sp³-hybridized carbons (Fsp3) is 0.188. The lowest BCUT2D eigenvalue weighted by Gasteiger charge is -2.13. The topological polar surface area (TPSA) is 81.7 Å². The molecule has 0 radical (unpaired) electrons. The summed E-state index contributed by atoms with van der Waals surface area (Å²) in [7, 11) is -1.14. The summed E-state index contributed by atoms with van der Waals surface area (Å²) in [5.41, 5.74) is 1.14. The molecule has 0 unspecified atom stereocenters. The number of rotatable bonds is 5. The summed E-state index contributed by atoms with van der Waals surface area (Å²) in [6.45, 7) is 1.86. The summed E-state index contributed by atoms with van der Waals surface area (Å²) < 4.78 is 37.0. The largest absolute Gasteiger partial charge is 0.497 e. The van der Waals surface area contributed by atoms with Crippen molar-refractivity contribution in [2.24, 2.45) is 0 Å². The third-order valence-corrected chi connectivity index (χ3v) is 4.59. The van der Waals surface area contributed by atoms with Crippen molar-refractivity contribution < 1.29 is 22.7 Å². The average molecular weight is 335 g/mol. The van der Waals surface area contributed by atoms with Gasteiger partial charge in [0.25, 0.3) is 10.0 Å². The van der Waals surface area contributed by atoms with E-state index in [0.717, 1.165) is 5.56 Å². The highest BCUT2D eigenvalue weighted by Gasteiger charge is 2.19. The van der Waals surface area contributed by atoms with Gasteiger partial charge in [0.1, 0.15) is 5.75 Å². The molecule has 122 valence electrons. The van der Waals surface area contributed by atoms with E-state index < -0.39 is 16.0 Å². The minimum atomic E-state index is -3.81. The summed E-state index contributed by atoms with van der Waals surface area (Å²) in [4.78, 5) is 12.0. The van der Waals surface area contributed by atoms with Crippen molar-refractivity contribution in [3.05, 3.63) is 53.6 Å². The molecule has 0 atom stereocenters. The van der Waals surface area contributed by atoms with Gasteiger partial charge in [-0.15, -0.1) is 0 Å². The number of carbonyl (C=O) groups excluding carboxylic acids is 1. The standard InChI is InChI=1S/C16H17NO5S/c1-11-4-7-13(8-5-11)23(19,20)17-15-9-6-12(21-2)10-14(15)16(18)22-3/h4-10,17H,1-3H3. The van der Waals surface area contributed by atoms with Gasteiger partial charge < -0.3 is 9.47 Å². The highest BCUT2D eigenvalue weighted by molar-refractivity contribution is 7.92. The van der Waals surface area contributed by atoms with Crippen molar-refractivity contribution in [3.8, 4) is 5.75 Å². The molecule has 0 aliphatic rings.